The minimum atomic E-state index is -3.40. The van der Waals surface area contributed by atoms with Crippen molar-refractivity contribution in [3.8, 4) is 11.6 Å². The van der Waals surface area contributed by atoms with Crippen molar-refractivity contribution >= 4 is 27.1 Å². The summed E-state index contributed by atoms with van der Waals surface area (Å²) in [5, 5.41) is 2.31. The molecule has 0 unspecified atom stereocenters. The van der Waals surface area contributed by atoms with E-state index in [4.69, 9.17) is 9.47 Å². The maximum Gasteiger partial charge on any atom is 0.257 e. The third-order valence-corrected chi connectivity index (χ3v) is 9.25. The van der Waals surface area contributed by atoms with Crippen molar-refractivity contribution in [3.63, 3.8) is 0 Å². The molecule has 11 heteroatoms. The Morgan fingerprint density at radius 1 is 1.00 bits per heavy atom. The fraction of sp³-hybridized carbons (Fsp3) is 0.345. The summed E-state index contributed by atoms with van der Waals surface area (Å²) < 4.78 is 63.7. The summed E-state index contributed by atoms with van der Waals surface area (Å²) in [6.45, 7) is 0.260. The van der Waals surface area contributed by atoms with E-state index in [2.05, 4.69) is 15.3 Å². The predicted octanol–water partition coefficient (Wildman–Crippen LogP) is 5.11. The number of alkyl halides is 2. The van der Waals surface area contributed by atoms with Crippen molar-refractivity contribution in [3.05, 3.63) is 78.1 Å². The molecule has 2 saturated carbocycles. The average Bonchev–Trinajstić information content (AvgIpc) is 3.77. The number of amides is 1. The highest BCUT2D eigenvalue weighted by Gasteiger charge is 2.37. The van der Waals surface area contributed by atoms with Crippen molar-refractivity contribution in [1.29, 1.82) is 0 Å². The number of benzene rings is 2. The number of hydrogen-bond donors (Lipinski definition) is 1. The van der Waals surface area contributed by atoms with Crippen LogP contribution in [0, 0.1) is 5.92 Å². The van der Waals surface area contributed by atoms with E-state index >= 15 is 0 Å². The SMILES string of the molecule is COc1ccc(COc2cnc(NC(=O)/C(=C/[C@H]3C[C@@H](F)[C@@H](F)C3)c3ccc(S(=O)(=O)C4CC4)cc3)cn2)cc1. The van der Waals surface area contributed by atoms with Crippen LogP contribution in [0.2, 0.25) is 0 Å². The Morgan fingerprint density at radius 3 is 2.25 bits per heavy atom. The van der Waals surface area contributed by atoms with E-state index in [9.17, 15) is 22.0 Å². The molecular formula is C29H29F2N3O5S. The number of carbonyl (C=O) groups excluding carboxylic acids is 1. The molecule has 2 aliphatic carbocycles. The van der Waals surface area contributed by atoms with Gasteiger partial charge in [0.15, 0.2) is 15.7 Å². The Kier molecular flexibility index (Phi) is 8.11. The zero-order chi connectivity index (χ0) is 28.3. The topological polar surface area (TPSA) is 107 Å². The Hall–Kier alpha value is -3.86. The van der Waals surface area contributed by atoms with E-state index in [-0.39, 0.29) is 46.9 Å². The second-order valence-corrected chi connectivity index (χ2v) is 12.2. The number of allylic oxidation sites excluding steroid dienone is 1. The smallest absolute Gasteiger partial charge is 0.257 e. The highest BCUT2D eigenvalue weighted by molar-refractivity contribution is 7.92. The van der Waals surface area contributed by atoms with Crippen LogP contribution >= 0.6 is 0 Å². The van der Waals surface area contributed by atoms with Gasteiger partial charge in [0, 0.05) is 5.57 Å². The molecule has 3 aromatic rings. The highest BCUT2D eigenvalue weighted by Crippen LogP contribution is 2.36. The molecule has 2 aliphatic rings. The number of nitrogens with one attached hydrogen (secondary N) is 1. The number of anilines is 1. The summed E-state index contributed by atoms with van der Waals surface area (Å²) in [5.74, 6) is 0.0974. The van der Waals surface area contributed by atoms with Gasteiger partial charge in [-0.1, -0.05) is 30.3 Å². The first kappa shape index (κ1) is 27.7. The van der Waals surface area contributed by atoms with Gasteiger partial charge >= 0.3 is 0 Å². The van der Waals surface area contributed by atoms with Crippen LogP contribution < -0.4 is 14.8 Å². The fourth-order valence-electron chi connectivity index (χ4n) is 4.56. The molecule has 210 valence electrons. The van der Waals surface area contributed by atoms with Crippen LogP contribution in [0.15, 0.2) is 71.9 Å². The first-order valence-corrected chi connectivity index (χ1v) is 14.5. The maximum atomic E-state index is 13.9. The van der Waals surface area contributed by atoms with Crippen molar-refractivity contribution < 1.29 is 31.5 Å². The summed E-state index contributed by atoms with van der Waals surface area (Å²) in [5.41, 5.74) is 1.50. The fourth-order valence-corrected chi connectivity index (χ4v) is 6.21. The molecule has 2 fully saturated rings. The zero-order valence-corrected chi connectivity index (χ0v) is 22.6. The maximum absolute atomic E-state index is 13.9. The van der Waals surface area contributed by atoms with E-state index in [1.54, 1.807) is 13.2 Å². The summed E-state index contributed by atoms with van der Waals surface area (Å²) in [6, 6.07) is 13.4. The summed E-state index contributed by atoms with van der Waals surface area (Å²) in [7, 11) is -1.81. The van der Waals surface area contributed by atoms with Gasteiger partial charge in [-0.15, -0.1) is 0 Å². The van der Waals surface area contributed by atoms with Gasteiger partial charge in [0.25, 0.3) is 5.91 Å². The lowest BCUT2D eigenvalue weighted by Crippen LogP contribution is -2.16. The number of methoxy groups -OCH3 is 1. The van der Waals surface area contributed by atoms with Crippen molar-refractivity contribution in [2.75, 3.05) is 12.4 Å². The molecule has 0 spiro atoms. The number of hydrogen-bond acceptors (Lipinski definition) is 7. The standard InChI is InChI=1S/C29H29F2N3O5S/c1-38-21-6-2-18(3-7-21)17-39-28-16-32-27(15-33-28)34-29(35)24(12-19-13-25(30)26(31)14-19)20-4-8-22(9-5-20)40(36,37)23-10-11-23/h2-9,12,15-16,19,23,25-26H,10-11,13-14,17H2,1H3,(H,32,34,35)/b24-12+/t19-,25+,26-. The molecule has 0 saturated heterocycles. The van der Waals surface area contributed by atoms with E-state index < -0.39 is 34.0 Å². The zero-order valence-electron chi connectivity index (χ0n) is 21.8. The molecule has 5 rings (SSSR count). The number of rotatable bonds is 10. The van der Waals surface area contributed by atoms with Gasteiger partial charge in [0.2, 0.25) is 5.88 Å². The van der Waals surface area contributed by atoms with Gasteiger partial charge in [-0.25, -0.2) is 27.2 Å². The number of aromatic nitrogens is 2. The Labute approximate surface area is 231 Å². The third kappa shape index (κ3) is 6.47. The lowest BCUT2D eigenvalue weighted by Gasteiger charge is -2.13. The van der Waals surface area contributed by atoms with Gasteiger partial charge < -0.3 is 14.8 Å². The van der Waals surface area contributed by atoms with Crippen molar-refractivity contribution in [2.45, 2.75) is 54.8 Å². The summed E-state index contributed by atoms with van der Waals surface area (Å²) >= 11 is 0. The summed E-state index contributed by atoms with van der Waals surface area (Å²) in [4.78, 5) is 21.9. The van der Waals surface area contributed by atoms with Crippen LogP contribution in [0.5, 0.6) is 11.6 Å². The van der Waals surface area contributed by atoms with Crippen molar-refractivity contribution in [2.24, 2.45) is 5.92 Å². The number of halogens is 2. The van der Waals surface area contributed by atoms with E-state index in [1.807, 2.05) is 24.3 Å². The van der Waals surface area contributed by atoms with E-state index in [1.165, 1.54) is 36.7 Å². The number of nitrogens with zero attached hydrogens (tertiary/aromatic N) is 2. The Balaban J connectivity index is 1.30. The lowest BCUT2D eigenvalue weighted by atomic mass is 9.98. The highest BCUT2D eigenvalue weighted by atomic mass is 32.2. The number of ether oxygens (including phenoxy) is 2. The Bertz CT molecular complexity index is 1470. The van der Waals surface area contributed by atoms with Crippen LogP contribution in [0.25, 0.3) is 5.57 Å². The average molecular weight is 570 g/mol. The van der Waals surface area contributed by atoms with Gasteiger partial charge in [0.05, 0.1) is 29.6 Å². The van der Waals surface area contributed by atoms with E-state index in [0.717, 1.165) is 11.3 Å². The lowest BCUT2D eigenvalue weighted by molar-refractivity contribution is -0.111. The van der Waals surface area contributed by atoms with Gasteiger partial charge in [-0.2, -0.15) is 0 Å². The Morgan fingerprint density at radius 2 is 1.68 bits per heavy atom. The molecule has 2 aromatic carbocycles. The minimum Gasteiger partial charge on any atom is -0.497 e. The van der Waals surface area contributed by atoms with Crippen molar-refractivity contribution in [1.82, 2.24) is 9.97 Å². The van der Waals surface area contributed by atoms with Crippen LogP contribution in [-0.4, -0.2) is 49.0 Å². The van der Waals surface area contributed by atoms with Crippen LogP contribution in [0.1, 0.15) is 36.8 Å². The largest absolute Gasteiger partial charge is 0.497 e. The van der Waals surface area contributed by atoms with E-state index in [0.29, 0.717) is 18.4 Å². The normalized spacial score (nSPS) is 21.2. The van der Waals surface area contributed by atoms with Gasteiger partial charge in [0.1, 0.15) is 24.7 Å². The molecule has 40 heavy (non-hydrogen) atoms. The summed E-state index contributed by atoms with van der Waals surface area (Å²) in [6.07, 6.45) is 2.29. The molecule has 0 radical (unpaired) electrons. The molecule has 1 amide bonds. The van der Waals surface area contributed by atoms with Crippen LogP contribution in [-0.2, 0) is 21.2 Å². The predicted molar refractivity (Wildman–Crippen MR) is 145 cm³/mol. The van der Waals surface area contributed by atoms with Crippen LogP contribution in [0.3, 0.4) is 0 Å². The molecule has 0 aliphatic heterocycles. The molecule has 1 heterocycles. The second-order valence-electron chi connectivity index (χ2n) is 9.94. The number of carbonyl (C=O) groups is 1. The third-order valence-electron chi connectivity index (χ3n) is 6.97. The molecule has 1 N–H and O–H groups in total. The molecule has 0 bridgehead atoms. The first-order chi connectivity index (χ1) is 19.2. The number of sulfone groups is 1. The van der Waals surface area contributed by atoms with Gasteiger partial charge in [-0.3, -0.25) is 4.79 Å². The molecule has 3 atom stereocenters. The van der Waals surface area contributed by atoms with Gasteiger partial charge in [-0.05, 0) is 67.0 Å². The first-order valence-electron chi connectivity index (χ1n) is 13.0. The molecule has 8 nitrogen and oxygen atoms in total. The monoisotopic (exact) mass is 569 g/mol. The minimum absolute atomic E-state index is 0.0356. The quantitative estimate of drug-likeness (QED) is 0.338. The molecular weight excluding hydrogens is 540 g/mol. The molecule has 1 aromatic heterocycles. The second kappa shape index (κ2) is 11.7. The van der Waals surface area contributed by atoms with Crippen LogP contribution in [0.4, 0.5) is 14.6 Å².